The van der Waals surface area contributed by atoms with Crippen LogP contribution in [0.2, 0.25) is 0 Å². The molecule has 1 aromatic carbocycles. The van der Waals surface area contributed by atoms with Gasteiger partial charge in [-0.15, -0.1) is 0 Å². The highest BCUT2D eigenvalue weighted by Gasteiger charge is 2.27. The molecule has 4 heterocycles. The number of rotatable bonds is 5. The van der Waals surface area contributed by atoms with E-state index in [0.29, 0.717) is 30.1 Å². The molecule has 0 unspecified atom stereocenters. The molecule has 0 aliphatic carbocycles. The fourth-order valence-electron chi connectivity index (χ4n) is 3.88. The summed E-state index contributed by atoms with van der Waals surface area (Å²) in [7, 11) is -1.27. The Hall–Kier alpha value is -2.73. The number of ether oxygens (including phenoxy) is 2. The Morgan fingerprint density at radius 2 is 2.00 bits per heavy atom. The predicted molar refractivity (Wildman–Crippen MR) is 131 cm³/mol. The SMILES string of the molecule is Cn1ccc2ccc(-c3cc4nccnc4c(OC[C@@H]4CN(S(C)(=O)=O)CCO4)n3)cc21.S. The molecule has 0 saturated carbocycles. The number of pyridine rings is 1. The molecule has 0 spiro atoms. The highest BCUT2D eigenvalue weighted by molar-refractivity contribution is 7.88. The average Bonchev–Trinajstić information content (AvgIpc) is 3.17. The maximum atomic E-state index is 11.9. The number of sulfonamides is 1. The third-order valence-electron chi connectivity index (χ3n) is 5.58. The van der Waals surface area contributed by atoms with Gasteiger partial charge in [0.1, 0.15) is 12.7 Å². The summed E-state index contributed by atoms with van der Waals surface area (Å²) in [6.45, 7) is 1.07. The second kappa shape index (κ2) is 9.26. The molecule has 5 rings (SSSR count). The monoisotopic (exact) mass is 487 g/mol. The zero-order valence-electron chi connectivity index (χ0n) is 18.3. The number of nitrogens with zero attached hydrogens (tertiary/aromatic N) is 5. The molecule has 0 amide bonds. The molecule has 1 aliphatic rings. The summed E-state index contributed by atoms with van der Waals surface area (Å²) in [5.41, 5.74) is 3.98. The fraction of sp³-hybridized carbons (Fsp3) is 0.318. The van der Waals surface area contributed by atoms with E-state index in [0.717, 1.165) is 22.2 Å². The minimum Gasteiger partial charge on any atom is -0.473 e. The Balaban J connectivity index is 0.00000259. The lowest BCUT2D eigenvalue weighted by molar-refractivity contribution is -0.0252. The summed E-state index contributed by atoms with van der Waals surface area (Å²) in [4.78, 5) is 13.5. The third-order valence-corrected chi connectivity index (χ3v) is 6.85. The number of morpholine rings is 1. The number of hydrogen-bond acceptors (Lipinski definition) is 7. The van der Waals surface area contributed by atoms with Crippen LogP contribution >= 0.6 is 13.5 Å². The second-order valence-corrected chi connectivity index (χ2v) is 9.84. The van der Waals surface area contributed by atoms with Crippen LogP contribution in [0, 0.1) is 0 Å². The van der Waals surface area contributed by atoms with Crippen molar-refractivity contribution in [2.75, 3.05) is 32.6 Å². The van der Waals surface area contributed by atoms with Crippen molar-refractivity contribution < 1.29 is 17.9 Å². The first-order valence-electron chi connectivity index (χ1n) is 10.3. The van der Waals surface area contributed by atoms with Crippen molar-refractivity contribution in [3.8, 4) is 17.1 Å². The Bertz CT molecular complexity index is 1410. The molecule has 174 valence electrons. The summed E-state index contributed by atoms with van der Waals surface area (Å²) in [5.74, 6) is 0.345. The summed E-state index contributed by atoms with van der Waals surface area (Å²) in [6.07, 6.45) is 6.05. The number of aryl methyl sites for hydroxylation is 1. The van der Waals surface area contributed by atoms with Gasteiger partial charge < -0.3 is 14.0 Å². The van der Waals surface area contributed by atoms with Crippen molar-refractivity contribution in [1.29, 1.82) is 0 Å². The molecule has 1 atom stereocenters. The smallest absolute Gasteiger partial charge is 0.242 e. The maximum Gasteiger partial charge on any atom is 0.242 e. The topological polar surface area (TPSA) is 99.4 Å². The summed E-state index contributed by atoms with van der Waals surface area (Å²) < 4.78 is 38.9. The van der Waals surface area contributed by atoms with E-state index in [1.807, 2.05) is 25.4 Å². The van der Waals surface area contributed by atoms with E-state index in [1.54, 1.807) is 12.4 Å². The lowest BCUT2D eigenvalue weighted by atomic mass is 10.1. The van der Waals surface area contributed by atoms with Crippen molar-refractivity contribution in [3.63, 3.8) is 0 Å². The van der Waals surface area contributed by atoms with Gasteiger partial charge in [-0.05, 0) is 23.6 Å². The van der Waals surface area contributed by atoms with Gasteiger partial charge in [0.2, 0.25) is 15.9 Å². The normalized spacial score (nSPS) is 17.2. The number of hydrogen-bond donors (Lipinski definition) is 0. The lowest BCUT2D eigenvalue weighted by Crippen LogP contribution is -2.47. The van der Waals surface area contributed by atoms with Crippen molar-refractivity contribution in [2.24, 2.45) is 7.05 Å². The lowest BCUT2D eigenvalue weighted by Gasteiger charge is -2.30. The van der Waals surface area contributed by atoms with E-state index in [2.05, 4.69) is 32.7 Å². The van der Waals surface area contributed by atoms with Gasteiger partial charge in [-0.3, -0.25) is 4.98 Å². The van der Waals surface area contributed by atoms with E-state index in [-0.39, 0.29) is 26.6 Å². The molecule has 0 N–H and O–H groups in total. The van der Waals surface area contributed by atoms with Crippen molar-refractivity contribution in [2.45, 2.75) is 6.10 Å². The third kappa shape index (κ3) is 4.81. The standard InChI is InChI=1S/C22H23N5O4S.H2S/c1-26-8-5-15-3-4-16(11-20(15)26)18-12-19-21(24-7-6-23-19)22(25-18)31-14-17-13-27(9-10-30-17)32(2,28)29;/h3-8,11-12,17H,9-10,13-14H2,1-2H3;1H2/t17-;/m0./s1. The first kappa shape index (κ1) is 23.4. The molecule has 33 heavy (non-hydrogen) atoms. The zero-order valence-corrected chi connectivity index (χ0v) is 20.1. The van der Waals surface area contributed by atoms with Gasteiger partial charge in [-0.2, -0.15) is 17.8 Å². The van der Waals surface area contributed by atoms with Crippen LogP contribution in [-0.4, -0.2) is 70.9 Å². The maximum absolute atomic E-state index is 11.9. The van der Waals surface area contributed by atoms with Crippen molar-refractivity contribution in [1.82, 2.24) is 23.8 Å². The Morgan fingerprint density at radius 1 is 1.18 bits per heavy atom. The zero-order chi connectivity index (χ0) is 22.3. The van der Waals surface area contributed by atoms with E-state index in [1.165, 1.54) is 10.6 Å². The van der Waals surface area contributed by atoms with E-state index < -0.39 is 16.1 Å². The Morgan fingerprint density at radius 3 is 2.82 bits per heavy atom. The van der Waals surface area contributed by atoms with E-state index in [9.17, 15) is 8.42 Å². The first-order chi connectivity index (χ1) is 15.4. The van der Waals surface area contributed by atoms with Crippen LogP contribution < -0.4 is 4.74 Å². The molecule has 9 nitrogen and oxygen atoms in total. The number of fused-ring (bicyclic) bond motifs is 2. The van der Waals surface area contributed by atoms with Gasteiger partial charge in [0.15, 0.2) is 5.52 Å². The van der Waals surface area contributed by atoms with E-state index >= 15 is 0 Å². The van der Waals surface area contributed by atoms with Gasteiger partial charge in [0, 0.05) is 49.8 Å². The second-order valence-electron chi connectivity index (χ2n) is 7.86. The fourth-order valence-corrected chi connectivity index (χ4v) is 4.72. The molecule has 1 saturated heterocycles. The summed E-state index contributed by atoms with van der Waals surface area (Å²) in [5, 5.41) is 1.15. The van der Waals surface area contributed by atoms with Crippen LogP contribution in [0.5, 0.6) is 5.88 Å². The highest BCUT2D eigenvalue weighted by atomic mass is 32.2. The predicted octanol–water partition coefficient (Wildman–Crippen LogP) is 2.34. The molecule has 3 aromatic heterocycles. The molecular formula is C22H25N5O4S2. The van der Waals surface area contributed by atoms with Crippen molar-refractivity contribution in [3.05, 3.63) is 48.9 Å². The summed E-state index contributed by atoms with van der Waals surface area (Å²) in [6, 6.07) is 10.1. The van der Waals surface area contributed by atoms with Gasteiger partial charge in [0.25, 0.3) is 0 Å². The molecule has 0 radical (unpaired) electrons. The Labute approximate surface area is 198 Å². The molecule has 4 aromatic rings. The Kier molecular flexibility index (Phi) is 6.57. The van der Waals surface area contributed by atoms with E-state index in [4.69, 9.17) is 14.5 Å². The molecular weight excluding hydrogens is 462 g/mol. The molecule has 1 fully saturated rings. The van der Waals surface area contributed by atoms with Crippen LogP contribution in [0.25, 0.3) is 33.2 Å². The minimum absolute atomic E-state index is 0. The number of benzene rings is 1. The summed E-state index contributed by atoms with van der Waals surface area (Å²) >= 11 is 0. The average molecular weight is 488 g/mol. The van der Waals surface area contributed by atoms with Gasteiger partial charge in [-0.25, -0.2) is 18.4 Å². The first-order valence-corrected chi connectivity index (χ1v) is 12.1. The van der Waals surface area contributed by atoms with Crippen LogP contribution in [0.4, 0.5) is 0 Å². The van der Waals surface area contributed by atoms with Crippen LogP contribution in [0.15, 0.2) is 48.9 Å². The van der Waals surface area contributed by atoms with Crippen molar-refractivity contribution >= 4 is 45.5 Å². The highest BCUT2D eigenvalue weighted by Crippen LogP contribution is 2.29. The molecule has 0 bridgehead atoms. The van der Waals surface area contributed by atoms with Gasteiger partial charge in [-0.1, -0.05) is 12.1 Å². The molecule has 11 heteroatoms. The molecule has 1 aliphatic heterocycles. The van der Waals surface area contributed by atoms with Crippen LogP contribution in [-0.2, 0) is 21.8 Å². The van der Waals surface area contributed by atoms with Crippen LogP contribution in [0.1, 0.15) is 0 Å². The van der Waals surface area contributed by atoms with Gasteiger partial charge >= 0.3 is 0 Å². The van der Waals surface area contributed by atoms with Crippen LogP contribution in [0.3, 0.4) is 0 Å². The number of aromatic nitrogens is 4. The largest absolute Gasteiger partial charge is 0.473 e. The minimum atomic E-state index is -3.28. The van der Waals surface area contributed by atoms with Gasteiger partial charge in [0.05, 0.1) is 24.1 Å². The quantitative estimate of drug-likeness (QED) is 0.426.